The average Bonchev–Trinajstić information content (AvgIpc) is 2.87. The minimum Gasteiger partial charge on any atom is -0.384 e. The minimum absolute atomic E-state index is 0.115. The van der Waals surface area contributed by atoms with Crippen molar-refractivity contribution in [2.75, 3.05) is 0 Å². The largest absolute Gasteiger partial charge is 0.384 e. The summed E-state index contributed by atoms with van der Waals surface area (Å²) in [5, 5.41) is 10.4. The van der Waals surface area contributed by atoms with Crippen molar-refractivity contribution < 1.29 is 5.11 Å². The van der Waals surface area contributed by atoms with Crippen molar-refractivity contribution in [3.05, 3.63) is 53.6 Å². The van der Waals surface area contributed by atoms with Crippen LogP contribution in [0.4, 0.5) is 0 Å². The maximum Gasteiger partial charge on any atom is 0.101 e. The van der Waals surface area contributed by atoms with Crippen LogP contribution in [0.1, 0.15) is 50.6 Å². The zero-order chi connectivity index (χ0) is 14.5. The first kappa shape index (κ1) is 13.4. The molecule has 3 rings (SSSR count). The molecule has 1 aliphatic carbocycles. The molecule has 106 valence electrons. The first-order valence-electron chi connectivity index (χ1n) is 7.13. The molecule has 0 spiro atoms. The molecule has 0 bridgehead atoms. The van der Waals surface area contributed by atoms with E-state index >= 15 is 0 Å². The second-order valence-corrected chi connectivity index (χ2v) is 7.01. The third-order valence-electron chi connectivity index (χ3n) is 4.31. The van der Waals surface area contributed by atoms with E-state index in [1.165, 1.54) is 11.1 Å². The fraction of sp³-hybridized carbons (Fsp3) is 0.471. The number of hydrogen-bond acceptors (Lipinski definition) is 2. The Bertz CT molecular complexity index is 634. The number of imidazole rings is 1. The van der Waals surface area contributed by atoms with Gasteiger partial charge in [-0.3, -0.25) is 0 Å². The second-order valence-electron chi connectivity index (χ2n) is 7.01. The van der Waals surface area contributed by atoms with Crippen molar-refractivity contribution in [3.63, 3.8) is 0 Å². The summed E-state index contributed by atoms with van der Waals surface area (Å²) in [7, 11) is 0. The highest BCUT2D eigenvalue weighted by atomic mass is 16.3. The van der Waals surface area contributed by atoms with E-state index in [2.05, 4.69) is 47.7 Å². The summed E-state index contributed by atoms with van der Waals surface area (Å²) >= 11 is 0. The Kier molecular flexibility index (Phi) is 2.80. The minimum atomic E-state index is -0.885. The van der Waals surface area contributed by atoms with E-state index in [-0.39, 0.29) is 11.5 Å². The summed E-state index contributed by atoms with van der Waals surface area (Å²) in [5.41, 5.74) is 2.85. The third kappa shape index (κ3) is 1.97. The highest BCUT2D eigenvalue weighted by Crippen LogP contribution is 2.48. The third-order valence-corrected chi connectivity index (χ3v) is 4.31. The topological polar surface area (TPSA) is 38.1 Å². The van der Waals surface area contributed by atoms with E-state index in [9.17, 15) is 5.11 Å². The standard InChI is InChI=1S/C17H22N2O/c1-16(2)9-12-7-5-6-8-13(12)15(16)19-11-18-10-14(19)17(3,4)20/h5-8,10-11,15,20H,9H2,1-4H3. The van der Waals surface area contributed by atoms with Crippen LogP contribution in [0.15, 0.2) is 36.8 Å². The van der Waals surface area contributed by atoms with Crippen molar-refractivity contribution in [1.82, 2.24) is 9.55 Å². The number of aromatic nitrogens is 2. The maximum absolute atomic E-state index is 10.4. The average molecular weight is 270 g/mol. The fourth-order valence-electron chi connectivity index (χ4n) is 3.48. The van der Waals surface area contributed by atoms with E-state index in [0.717, 1.165) is 12.1 Å². The van der Waals surface area contributed by atoms with Gasteiger partial charge >= 0.3 is 0 Å². The molecule has 1 unspecified atom stereocenters. The molecular formula is C17H22N2O. The predicted octanol–water partition coefficient (Wildman–Crippen LogP) is 3.28. The Labute approximate surface area is 120 Å². The van der Waals surface area contributed by atoms with E-state index in [1.807, 2.05) is 20.2 Å². The van der Waals surface area contributed by atoms with Gasteiger partial charge in [0, 0.05) is 0 Å². The molecule has 0 saturated heterocycles. The smallest absolute Gasteiger partial charge is 0.101 e. The van der Waals surface area contributed by atoms with Gasteiger partial charge in [-0.25, -0.2) is 4.98 Å². The summed E-state index contributed by atoms with van der Waals surface area (Å²) in [6.45, 7) is 8.19. The molecule has 1 aliphatic rings. The molecule has 0 amide bonds. The van der Waals surface area contributed by atoms with E-state index in [1.54, 1.807) is 6.20 Å². The maximum atomic E-state index is 10.4. The molecule has 0 saturated carbocycles. The van der Waals surface area contributed by atoms with Crippen LogP contribution >= 0.6 is 0 Å². The van der Waals surface area contributed by atoms with Crippen LogP contribution in [0.5, 0.6) is 0 Å². The monoisotopic (exact) mass is 270 g/mol. The molecule has 2 aromatic rings. The molecule has 1 N–H and O–H groups in total. The van der Waals surface area contributed by atoms with Gasteiger partial charge in [0.15, 0.2) is 0 Å². The highest BCUT2D eigenvalue weighted by Gasteiger charge is 2.41. The summed E-state index contributed by atoms with van der Waals surface area (Å²) in [5.74, 6) is 0. The first-order chi connectivity index (χ1) is 9.31. The van der Waals surface area contributed by atoms with Crippen molar-refractivity contribution in [1.29, 1.82) is 0 Å². The lowest BCUT2D eigenvalue weighted by molar-refractivity contribution is 0.0658. The summed E-state index contributed by atoms with van der Waals surface area (Å²) < 4.78 is 2.14. The Morgan fingerprint density at radius 2 is 2.00 bits per heavy atom. The molecule has 0 aliphatic heterocycles. The first-order valence-corrected chi connectivity index (χ1v) is 7.13. The second kappa shape index (κ2) is 4.19. The Balaban J connectivity index is 2.17. The van der Waals surface area contributed by atoms with Gasteiger partial charge in [0.1, 0.15) is 5.60 Å². The Hall–Kier alpha value is -1.61. The van der Waals surface area contributed by atoms with Gasteiger partial charge in [-0.15, -0.1) is 0 Å². The number of fused-ring (bicyclic) bond motifs is 1. The lowest BCUT2D eigenvalue weighted by Crippen LogP contribution is -2.29. The van der Waals surface area contributed by atoms with Crippen LogP contribution in [0.2, 0.25) is 0 Å². The van der Waals surface area contributed by atoms with Crippen LogP contribution in [0.3, 0.4) is 0 Å². The predicted molar refractivity (Wildman–Crippen MR) is 79.5 cm³/mol. The summed E-state index contributed by atoms with van der Waals surface area (Å²) in [6.07, 6.45) is 4.68. The highest BCUT2D eigenvalue weighted by molar-refractivity contribution is 5.39. The zero-order valence-corrected chi connectivity index (χ0v) is 12.6. The van der Waals surface area contributed by atoms with Crippen LogP contribution in [0.25, 0.3) is 0 Å². The quantitative estimate of drug-likeness (QED) is 0.909. The van der Waals surface area contributed by atoms with Crippen LogP contribution < -0.4 is 0 Å². The molecule has 1 atom stereocenters. The molecule has 3 heteroatoms. The number of benzene rings is 1. The van der Waals surface area contributed by atoms with Gasteiger partial charge < -0.3 is 9.67 Å². The van der Waals surface area contributed by atoms with E-state index in [4.69, 9.17) is 0 Å². The Morgan fingerprint density at radius 1 is 1.30 bits per heavy atom. The lowest BCUT2D eigenvalue weighted by atomic mass is 9.84. The van der Waals surface area contributed by atoms with Gasteiger partial charge in [-0.1, -0.05) is 38.1 Å². The van der Waals surface area contributed by atoms with E-state index in [0.29, 0.717) is 0 Å². The van der Waals surface area contributed by atoms with Crippen molar-refractivity contribution >= 4 is 0 Å². The molecule has 20 heavy (non-hydrogen) atoms. The van der Waals surface area contributed by atoms with E-state index < -0.39 is 5.60 Å². The Morgan fingerprint density at radius 3 is 2.70 bits per heavy atom. The van der Waals surface area contributed by atoms with Gasteiger partial charge in [0.05, 0.1) is 24.3 Å². The number of rotatable bonds is 2. The van der Waals surface area contributed by atoms with Crippen LogP contribution in [0, 0.1) is 5.41 Å². The molecular weight excluding hydrogens is 248 g/mol. The molecule has 1 aromatic heterocycles. The number of nitrogens with zero attached hydrogens (tertiary/aromatic N) is 2. The molecule has 3 nitrogen and oxygen atoms in total. The number of hydrogen-bond donors (Lipinski definition) is 1. The van der Waals surface area contributed by atoms with Gasteiger partial charge in [0.25, 0.3) is 0 Å². The SMILES string of the molecule is CC(C)(O)c1cncn1C1c2ccccc2CC1(C)C. The van der Waals surface area contributed by atoms with Gasteiger partial charge in [-0.05, 0) is 36.8 Å². The van der Waals surface area contributed by atoms with Gasteiger partial charge in [0.2, 0.25) is 0 Å². The number of aliphatic hydroxyl groups is 1. The van der Waals surface area contributed by atoms with Crippen molar-refractivity contribution in [2.45, 2.75) is 45.8 Å². The summed E-state index contributed by atoms with van der Waals surface area (Å²) in [4.78, 5) is 4.27. The van der Waals surface area contributed by atoms with Crippen LogP contribution in [-0.2, 0) is 12.0 Å². The molecule has 0 fully saturated rings. The molecule has 0 radical (unpaired) electrons. The van der Waals surface area contributed by atoms with Crippen molar-refractivity contribution in [3.8, 4) is 0 Å². The molecule has 1 heterocycles. The fourth-order valence-corrected chi connectivity index (χ4v) is 3.48. The van der Waals surface area contributed by atoms with Crippen molar-refractivity contribution in [2.24, 2.45) is 5.41 Å². The molecule has 1 aromatic carbocycles. The summed E-state index contributed by atoms with van der Waals surface area (Å²) in [6, 6.07) is 8.82. The normalized spacial score (nSPS) is 20.9. The zero-order valence-electron chi connectivity index (χ0n) is 12.6. The van der Waals surface area contributed by atoms with Crippen LogP contribution in [-0.4, -0.2) is 14.7 Å². The van der Waals surface area contributed by atoms with Gasteiger partial charge in [-0.2, -0.15) is 0 Å². The lowest BCUT2D eigenvalue weighted by Gasteiger charge is -2.32.